The van der Waals surface area contributed by atoms with Crippen LogP contribution < -0.4 is 14.8 Å². The number of amides is 1. The smallest absolute Gasteiger partial charge is 0.280 e. The molecule has 0 atom stereocenters. The molecule has 1 aliphatic heterocycles. The fourth-order valence-electron chi connectivity index (χ4n) is 2.72. The van der Waals surface area contributed by atoms with Crippen molar-refractivity contribution in [3.05, 3.63) is 33.9 Å². The zero-order chi connectivity index (χ0) is 15.5. The van der Waals surface area contributed by atoms with Gasteiger partial charge in [-0.1, -0.05) is 12.8 Å². The van der Waals surface area contributed by atoms with Crippen molar-refractivity contribution >= 4 is 17.7 Å². The van der Waals surface area contributed by atoms with Crippen LogP contribution in [0.2, 0.25) is 0 Å². The van der Waals surface area contributed by atoms with Crippen molar-refractivity contribution in [1.82, 2.24) is 5.32 Å². The lowest BCUT2D eigenvalue weighted by Gasteiger charge is -2.09. The maximum atomic E-state index is 11.9. The Morgan fingerprint density at radius 3 is 2.64 bits per heavy atom. The summed E-state index contributed by atoms with van der Waals surface area (Å²) in [5.41, 5.74) is 0.199. The second kappa shape index (κ2) is 6.05. The van der Waals surface area contributed by atoms with Crippen LogP contribution >= 0.6 is 0 Å². The summed E-state index contributed by atoms with van der Waals surface area (Å²) in [6.45, 7) is 0.0435. The number of fused-ring (bicyclic) bond motifs is 1. The lowest BCUT2D eigenvalue weighted by atomic mass is 10.1. The molecule has 1 heterocycles. The Morgan fingerprint density at radius 2 is 1.95 bits per heavy atom. The first-order chi connectivity index (χ1) is 10.6. The zero-order valence-corrected chi connectivity index (χ0v) is 11.9. The molecule has 1 aromatic rings. The molecule has 116 valence electrons. The minimum Gasteiger partial charge on any atom is -0.454 e. The molecular weight excluding hydrogens is 288 g/mol. The number of ether oxygens (including phenoxy) is 2. The largest absolute Gasteiger partial charge is 0.454 e. The summed E-state index contributed by atoms with van der Waals surface area (Å²) in [6.07, 6.45) is 6.99. The number of nitro benzene ring substituents is 1. The van der Waals surface area contributed by atoms with E-state index in [1.165, 1.54) is 24.3 Å². The molecule has 0 aromatic heterocycles. The van der Waals surface area contributed by atoms with Crippen LogP contribution in [0.5, 0.6) is 11.5 Å². The van der Waals surface area contributed by atoms with Crippen molar-refractivity contribution in [3.8, 4) is 11.5 Å². The number of carbonyl (C=O) groups is 1. The van der Waals surface area contributed by atoms with Crippen LogP contribution in [0.15, 0.2) is 18.2 Å². The number of hydrogen-bond donors (Lipinski definition) is 1. The van der Waals surface area contributed by atoms with E-state index < -0.39 is 4.92 Å². The Kier molecular flexibility index (Phi) is 3.95. The van der Waals surface area contributed by atoms with E-state index in [1.54, 1.807) is 0 Å². The zero-order valence-electron chi connectivity index (χ0n) is 11.9. The average molecular weight is 304 g/mol. The number of benzene rings is 1. The normalized spacial score (nSPS) is 17.1. The van der Waals surface area contributed by atoms with Gasteiger partial charge in [0.05, 0.1) is 16.6 Å². The van der Waals surface area contributed by atoms with E-state index in [1.807, 2.05) is 0 Å². The molecule has 1 aliphatic carbocycles. The van der Waals surface area contributed by atoms with Gasteiger partial charge in [-0.25, -0.2) is 0 Å². The van der Waals surface area contributed by atoms with Gasteiger partial charge in [0, 0.05) is 12.1 Å². The van der Waals surface area contributed by atoms with E-state index in [4.69, 9.17) is 9.47 Å². The maximum Gasteiger partial charge on any atom is 0.280 e. The Morgan fingerprint density at radius 1 is 1.27 bits per heavy atom. The molecular formula is C15H16N2O5. The van der Waals surface area contributed by atoms with Gasteiger partial charge in [0.15, 0.2) is 11.5 Å². The van der Waals surface area contributed by atoms with Crippen molar-refractivity contribution in [2.45, 2.75) is 31.7 Å². The standard InChI is InChI=1S/C15H16N2O5/c18-15(16-11-3-1-2-4-11)6-5-10-7-13-14(22-9-21-13)8-12(10)17(19)20/h5-8,11H,1-4,9H2,(H,16,18)/b6-5+. The lowest BCUT2D eigenvalue weighted by Crippen LogP contribution is -2.30. The van der Waals surface area contributed by atoms with Gasteiger partial charge in [-0.05, 0) is 25.0 Å². The van der Waals surface area contributed by atoms with Crippen molar-refractivity contribution in [3.63, 3.8) is 0 Å². The number of rotatable bonds is 4. The Balaban J connectivity index is 1.77. The van der Waals surface area contributed by atoms with Crippen molar-refractivity contribution in [2.24, 2.45) is 0 Å². The van der Waals surface area contributed by atoms with Crippen molar-refractivity contribution < 1.29 is 19.2 Å². The fourth-order valence-corrected chi connectivity index (χ4v) is 2.72. The summed E-state index contributed by atoms with van der Waals surface area (Å²) in [5, 5.41) is 14.0. The van der Waals surface area contributed by atoms with Gasteiger partial charge in [-0.2, -0.15) is 0 Å². The molecule has 1 N–H and O–H groups in total. The van der Waals surface area contributed by atoms with Crippen LogP contribution in [0, 0.1) is 10.1 Å². The predicted molar refractivity (Wildman–Crippen MR) is 78.7 cm³/mol. The highest BCUT2D eigenvalue weighted by Gasteiger charge is 2.22. The first kappa shape index (κ1) is 14.4. The number of nitrogens with one attached hydrogen (secondary N) is 1. The Bertz CT molecular complexity index is 635. The lowest BCUT2D eigenvalue weighted by molar-refractivity contribution is -0.385. The van der Waals surface area contributed by atoms with E-state index >= 15 is 0 Å². The van der Waals surface area contributed by atoms with Crippen LogP contribution in [0.3, 0.4) is 0 Å². The molecule has 1 amide bonds. The van der Waals surface area contributed by atoms with E-state index in [9.17, 15) is 14.9 Å². The molecule has 2 aliphatic rings. The molecule has 0 saturated heterocycles. The van der Waals surface area contributed by atoms with Gasteiger partial charge in [-0.3, -0.25) is 14.9 Å². The Hall–Kier alpha value is -2.57. The number of nitro groups is 1. The highest BCUT2D eigenvalue weighted by Crippen LogP contribution is 2.38. The van der Waals surface area contributed by atoms with Crippen LogP contribution in [0.25, 0.3) is 6.08 Å². The van der Waals surface area contributed by atoms with E-state index in [0.717, 1.165) is 25.7 Å². The molecule has 0 spiro atoms. The summed E-state index contributed by atoms with van der Waals surface area (Å²) in [5.74, 6) is 0.555. The molecule has 0 unspecified atom stereocenters. The van der Waals surface area contributed by atoms with Gasteiger partial charge in [0.25, 0.3) is 5.69 Å². The third-order valence-corrected chi connectivity index (χ3v) is 3.83. The monoisotopic (exact) mass is 304 g/mol. The predicted octanol–water partition coefficient (Wildman–Crippen LogP) is 2.40. The maximum absolute atomic E-state index is 11.9. The summed E-state index contributed by atoms with van der Waals surface area (Å²) in [4.78, 5) is 22.5. The van der Waals surface area contributed by atoms with Gasteiger partial charge in [0.1, 0.15) is 0 Å². The van der Waals surface area contributed by atoms with Crippen molar-refractivity contribution in [1.29, 1.82) is 0 Å². The third-order valence-electron chi connectivity index (χ3n) is 3.83. The molecule has 0 radical (unpaired) electrons. The molecule has 0 bridgehead atoms. The van der Waals surface area contributed by atoms with Crippen LogP contribution in [-0.4, -0.2) is 23.7 Å². The highest BCUT2D eigenvalue weighted by atomic mass is 16.7. The first-order valence-corrected chi connectivity index (χ1v) is 7.20. The fraction of sp³-hybridized carbons (Fsp3) is 0.400. The molecule has 7 heteroatoms. The second-order valence-corrected chi connectivity index (χ2v) is 5.34. The Labute approximate surface area is 127 Å². The summed E-state index contributed by atoms with van der Waals surface area (Å²) in [7, 11) is 0. The van der Waals surface area contributed by atoms with Crippen LogP contribution in [0.1, 0.15) is 31.2 Å². The number of hydrogen-bond acceptors (Lipinski definition) is 5. The molecule has 22 heavy (non-hydrogen) atoms. The molecule has 1 saturated carbocycles. The van der Waals surface area contributed by atoms with Gasteiger partial charge in [-0.15, -0.1) is 0 Å². The minimum absolute atomic E-state index is 0.0435. The summed E-state index contributed by atoms with van der Waals surface area (Å²) in [6, 6.07) is 3.04. The van der Waals surface area contributed by atoms with Gasteiger partial charge >= 0.3 is 0 Å². The van der Waals surface area contributed by atoms with Crippen LogP contribution in [-0.2, 0) is 4.79 Å². The first-order valence-electron chi connectivity index (χ1n) is 7.20. The number of nitrogens with zero attached hydrogens (tertiary/aromatic N) is 1. The van der Waals surface area contributed by atoms with Crippen LogP contribution in [0.4, 0.5) is 5.69 Å². The van der Waals surface area contributed by atoms with E-state index in [2.05, 4.69) is 5.32 Å². The molecule has 3 rings (SSSR count). The van der Waals surface area contributed by atoms with Crippen molar-refractivity contribution in [2.75, 3.05) is 6.79 Å². The third kappa shape index (κ3) is 3.03. The minimum atomic E-state index is -0.503. The summed E-state index contributed by atoms with van der Waals surface area (Å²) >= 11 is 0. The quantitative estimate of drug-likeness (QED) is 0.524. The second-order valence-electron chi connectivity index (χ2n) is 5.34. The molecule has 1 aromatic carbocycles. The van der Waals surface area contributed by atoms with Gasteiger partial charge in [0.2, 0.25) is 12.7 Å². The van der Waals surface area contributed by atoms with Gasteiger partial charge < -0.3 is 14.8 Å². The molecule has 1 fully saturated rings. The topological polar surface area (TPSA) is 90.7 Å². The highest BCUT2D eigenvalue weighted by molar-refractivity contribution is 5.92. The summed E-state index contributed by atoms with van der Waals surface area (Å²) < 4.78 is 10.3. The number of carbonyl (C=O) groups excluding carboxylic acids is 1. The van der Waals surface area contributed by atoms with E-state index in [0.29, 0.717) is 17.1 Å². The molecule has 7 nitrogen and oxygen atoms in total. The SMILES string of the molecule is O=C(/C=C/c1cc2c(cc1[N+](=O)[O-])OCO2)NC1CCCC1. The average Bonchev–Trinajstić information content (AvgIpc) is 3.14. The van der Waals surface area contributed by atoms with E-state index in [-0.39, 0.29) is 24.4 Å².